The van der Waals surface area contributed by atoms with Gasteiger partial charge in [-0.25, -0.2) is 4.39 Å². The van der Waals surface area contributed by atoms with Crippen LogP contribution in [0.5, 0.6) is 5.75 Å². The lowest BCUT2D eigenvalue weighted by Crippen LogP contribution is -2.34. The fourth-order valence-electron chi connectivity index (χ4n) is 1.98. The molecule has 0 amide bonds. The van der Waals surface area contributed by atoms with Gasteiger partial charge in [0.2, 0.25) is 0 Å². The Morgan fingerprint density at radius 3 is 2.14 bits per heavy atom. The summed E-state index contributed by atoms with van der Waals surface area (Å²) in [6, 6.07) is 10.9. The molecule has 2 nitrogen and oxygen atoms in total. The summed E-state index contributed by atoms with van der Waals surface area (Å²) >= 11 is 0. The van der Waals surface area contributed by atoms with Crippen LogP contribution in [0.2, 0.25) is 0 Å². The summed E-state index contributed by atoms with van der Waals surface area (Å²) in [7, 11) is 0. The van der Waals surface area contributed by atoms with Crippen molar-refractivity contribution in [1.82, 2.24) is 0 Å². The van der Waals surface area contributed by atoms with Gasteiger partial charge in [0.25, 0.3) is 0 Å². The van der Waals surface area contributed by atoms with Crippen molar-refractivity contribution in [2.75, 3.05) is 0 Å². The van der Waals surface area contributed by atoms with Crippen molar-refractivity contribution in [3.05, 3.63) is 65.5 Å². The van der Waals surface area contributed by atoms with Crippen LogP contribution in [-0.2, 0) is 5.54 Å². The van der Waals surface area contributed by atoms with E-state index in [2.05, 4.69) is 4.74 Å². The molecule has 0 aromatic heterocycles. The average molecular weight is 299 g/mol. The first-order chi connectivity index (χ1) is 9.68. The maximum absolute atomic E-state index is 12.9. The third kappa shape index (κ3) is 3.72. The Morgan fingerprint density at radius 2 is 1.57 bits per heavy atom. The third-order valence-corrected chi connectivity index (χ3v) is 3.11. The molecule has 2 rings (SSSR count). The lowest BCUT2D eigenvalue weighted by molar-refractivity contribution is -0.274. The normalized spacial score (nSPS) is 14.6. The average Bonchev–Trinajstić information content (AvgIpc) is 2.37. The number of ether oxygens (including phenoxy) is 1. The molecule has 2 aromatic carbocycles. The Labute approximate surface area is 119 Å². The number of alkyl halides is 3. The van der Waals surface area contributed by atoms with Gasteiger partial charge >= 0.3 is 6.36 Å². The minimum Gasteiger partial charge on any atom is -0.406 e. The van der Waals surface area contributed by atoms with E-state index in [0.717, 1.165) is 0 Å². The Hall–Kier alpha value is -2.08. The number of rotatable bonds is 3. The molecule has 0 spiro atoms. The van der Waals surface area contributed by atoms with Crippen LogP contribution < -0.4 is 10.5 Å². The molecule has 0 heterocycles. The van der Waals surface area contributed by atoms with Gasteiger partial charge in [0.05, 0.1) is 5.54 Å². The smallest absolute Gasteiger partial charge is 0.406 e. The Balaban J connectivity index is 2.36. The van der Waals surface area contributed by atoms with Crippen LogP contribution in [0.25, 0.3) is 0 Å². The minimum atomic E-state index is -4.76. The largest absolute Gasteiger partial charge is 0.573 e. The van der Waals surface area contributed by atoms with E-state index in [9.17, 15) is 17.6 Å². The first kappa shape index (κ1) is 15.3. The molecule has 112 valence electrons. The second-order valence-corrected chi connectivity index (χ2v) is 4.78. The Bertz CT molecular complexity index is 620. The maximum Gasteiger partial charge on any atom is 0.573 e. The van der Waals surface area contributed by atoms with Gasteiger partial charge in [-0.2, -0.15) is 0 Å². The van der Waals surface area contributed by atoms with Crippen molar-refractivity contribution in [3.8, 4) is 5.75 Å². The number of benzene rings is 2. The highest BCUT2D eigenvalue weighted by Gasteiger charge is 2.32. The molecular formula is C15H13F4NO. The van der Waals surface area contributed by atoms with E-state index in [0.29, 0.717) is 11.1 Å². The van der Waals surface area contributed by atoms with Crippen molar-refractivity contribution in [2.45, 2.75) is 18.8 Å². The van der Waals surface area contributed by atoms with Crippen molar-refractivity contribution in [2.24, 2.45) is 5.73 Å². The van der Waals surface area contributed by atoms with Crippen LogP contribution in [0.1, 0.15) is 18.1 Å². The second kappa shape index (κ2) is 5.37. The summed E-state index contributed by atoms with van der Waals surface area (Å²) < 4.78 is 53.5. The summed E-state index contributed by atoms with van der Waals surface area (Å²) in [6.45, 7) is 1.63. The molecule has 0 aliphatic rings. The van der Waals surface area contributed by atoms with Gasteiger partial charge in [-0.05, 0) is 42.3 Å². The number of hydrogen-bond donors (Lipinski definition) is 1. The van der Waals surface area contributed by atoms with Gasteiger partial charge in [-0.1, -0.05) is 24.3 Å². The molecular weight excluding hydrogens is 286 g/mol. The van der Waals surface area contributed by atoms with Crippen molar-refractivity contribution in [1.29, 1.82) is 0 Å². The fourth-order valence-corrected chi connectivity index (χ4v) is 1.98. The minimum absolute atomic E-state index is 0.348. The third-order valence-electron chi connectivity index (χ3n) is 3.11. The van der Waals surface area contributed by atoms with Crippen LogP contribution in [0.3, 0.4) is 0 Å². The molecule has 0 aliphatic heterocycles. The molecule has 0 radical (unpaired) electrons. The zero-order valence-electron chi connectivity index (χ0n) is 11.1. The molecule has 0 saturated heterocycles. The van der Waals surface area contributed by atoms with Crippen molar-refractivity contribution >= 4 is 0 Å². The quantitative estimate of drug-likeness (QED) is 0.871. The van der Waals surface area contributed by atoms with Gasteiger partial charge in [0.15, 0.2) is 0 Å². The summed E-state index contributed by atoms with van der Waals surface area (Å²) in [4.78, 5) is 0. The monoisotopic (exact) mass is 299 g/mol. The van der Waals surface area contributed by atoms with Gasteiger partial charge in [-0.3, -0.25) is 0 Å². The van der Waals surface area contributed by atoms with Crippen LogP contribution in [-0.4, -0.2) is 6.36 Å². The summed E-state index contributed by atoms with van der Waals surface area (Å²) in [5, 5.41) is 0. The lowest BCUT2D eigenvalue weighted by Gasteiger charge is -2.26. The SMILES string of the molecule is CC(N)(c1ccc(F)cc1)c1cccc(OC(F)(F)F)c1. The molecule has 2 N–H and O–H groups in total. The highest BCUT2D eigenvalue weighted by Crippen LogP contribution is 2.31. The van der Waals surface area contributed by atoms with E-state index < -0.39 is 17.7 Å². The molecule has 1 unspecified atom stereocenters. The van der Waals surface area contributed by atoms with E-state index >= 15 is 0 Å². The van der Waals surface area contributed by atoms with Gasteiger partial charge in [0.1, 0.15) is 11.6 Å². The molecule has 21 heavy (non-hydrogen) atoms. The van der Waals surface area contributed by atoms with E-state index in [-0.39, 0.29) is 5.75 Å². The van der Waals surface area contributed by atoms with E-state index in [1.54, 1.807) is 13.0 Å². The van der Waals surface area contributed by atoms with E-state index in [1.807, 2.05) is 0 Å². The molecule has 0 fully saturated rings. The van der Waals surface area contributed by atoms with Crippen LogP contribution in [0.4, 0.5) is 17.6 Å². The van der Waals surface area contributed by atoms with Crippen LogP contribution >= 0.6 is 0 Å². The molecule has 1 atom stereocenters. The summed E-state index contributed by atoms with van der Waals surface area (Å²) in [5.74, 6) is -0.762. The first-order valence-electron chi connectivity index (χ1n) is 6.10. The Morgan fingerprint density at radius 1 is 0.952 bits per heavy atom. The Kier molecular flexibility index (Phi) is 3.91. The number of nitrogens with two attached hydrogens (primary N) is 1. The molecule has 0 aliphatic carbocycles. The number of halogens is 4. The highest BCUT2D eigenvalue weighted by atomic mass is 19.4. The van der Waals surface area contributed by atoms with Crippen LogP contribution in [0.15, 0.2) is 48.5 Å². The molecule has 6 heteroatoms. The van der Waals surface area contributed by atoms with Crippen LogP contribution in [0, 0.1) is 5.82 Å². The fraction of sp³-hybridized carbons (Fsp3) is 0.200. The standard InChI is InChI=1S/C15H13F4NO/c1-14(20,10-5-7-12(16)8-6-10)11-3-2-4-13(9-11)21-15(17,18)19/h2-9H,20H2,1H3. The predicted octanol–water partition coefficient (Wildman–Crippen LogP) is 3.95. The predicted molar refractivity (Wildman–Crippen MR) is 70.2 cm³/mol. The van der Waals surface area contributed by atoms with Crippen molar-refractivity contribution < 1.29 is 22.3 Å². The topological polar surface area (TPSA) is 35.2 Å². The lowest BCUT2D eigenvalue weighted by atomic mass is 9.85. The van der Waals surface area contributed by atoms with Gasteiger partial charge in [0, 0.05) is 0 Å². The van der Waals surface area contributed by atoms with Crippen molar-refractivity contribution in [3.63, 3.8) is 0 Å². The molecule has 0 bridgehead atoms. The van der Waals surface area contributed by atoms with Gasteiger partial charge in [-0.15, -0.1) is 13.2 Å². The highest BCUT2D eigenvalue weighted by molar-refractivity contribution is 5.40. The second-order valence-electron chi connectivity index (χ2n) is 4.78. The number of hydrogen-bond acceptors (Lipinski definition) is 2. The first-order valence-corrected chi connectivity index (χ1v) is 6.10. The van der Waals surface area contributed by atoms with E-state index in [1.165, 1.54) is 42.5 Å². The zero-order valence-corrected chi connectivity index (χ0v) is 11.1. The molecule has 2 aromatic rings. The molecule has 0 saturated carbocycles. The zero-order chi connectivity index (χ0) is 15.7. The summed E-state index contributed by atoms with van der Waals surface area (Å²) in [5.41, 5.74) is 6.12. The van der Waals surface area contributed by atoms with Gasteiger partial charge < -0.3 is 10.5 Å². The maximum atomic E-state index is 12.9. The van der Waals surface area contributed by atoms with E-state index in [4.69, 9.17) is 5.73 Å². The summed E-state index contributed by atoms with van der Waals surface area (Å²) in [6.07, 6.45) is -4.76.